The summed E-state index contributed by atoms with van der Waals surface area (Å²) in [4.78, 5) is 12.2. The summed E-state index contributed by atoms with van der Waals surface area (Å²) in [5.41, 5.74) is 1.12. The lowest BCUT2D eigenvalue weighted by molar-refractivity contribution is -0.116. The summed E-state index contributed by atoms with van der Waals surface area (Å²) < 4.78 is 23.8. The van der Waals surface area contributed by atoms with Gasteiger partial charge in [-0.3, -0.25) is 4.79 Å². The van der Waals surface area contributed by atoms with Crippen LogP contribution in [0.4, 0.5) is 15.8 Å². The Morgan fingerprint density at radius 2 is 1.96 bits per heavy atom. The molecule has 2 rings (SSSR count). The van der Waals surface area contributed by atoms with Crippen LogP contribution in [0.25, 0.3) is 0 Å². The minimum atomic E-state index is -0.527. The van der Waals surface area contributed by atoms with Crippen molar-refractivity contribution in [3.63, 3.8) is 0 Å². The van der Waals surface area contributed by atoms with Crippen molar-refractivity contribution in [2.45, 2.75) is 13.0 Å². The fourth-order valence-electron chi connectivity index (χ4n) is 2.06. The standard InChI is InChI=1S/C18H21FN2O3/c1-13(18(22)21-15-7-5-6-14(19)12-15)20-16-8-3-4-9-17(16)24-11-10-23-2/h3-9,12-13,20H,10-11H2,1-2H3,(H,21,22). The van der Waals surface area contributed by atoms with Gasteiger partial charge in [-0.05, 0) is 37.3 Å². The number of carbonyl (C=O) groups excluding carboxylic acids is 1. The maximum atomic E-state index is 13.2. The summed E-state index contributed by atoms with van der Waals surface area (Å²) in [6.45, 7) is 2.61. The second-order valence-corrected chi connectivity index (χ2v) is 5.20. The molecule has 2 N–H and O–H groups in total. The van der Waals surface area contributed by atoms with Crippen molar-refractivity contribution in [1.82, 2.24) is 0 Å². The first-order valence-electron chi connectivity index (χ1n) is 7.64. The molecule has 0 saturated carbocycles. The van der Waals surface area contributed by atoms with Crippen LogP contribution in [0.3, 0.4) is 0 Å². The first-order chi connectivity index (χ1) is 11.6. The van der Waals surface area contributed by atoms with Gasteiger partial charge in [0.1, 0.15) is 24.2 Å². The third-order valence-corrected chi connectivity index (χ3v) is 3.29. The van der Waals surface area contributed by atoms with E-state index in [0.717, 1.165) is 0 Å². The molecule has 1 amide bonds. The van der Waals surface area contributed by atoms with Crippen LogP contribution in [0.1, 0.15) is 6.92 Å². The topological polar surface area (TPSA) is 59.6 Å². The van der Waals surface area contributed by atoms with Crippen molar-refractivity contribution >= 4 is 17.3 Å². The van der Waals surface area contributed by atoms with Crippen LogP contribution >= 0.6 is 0 Å². The van der Waals surface area contributed by atoms with E-state index in [4.69, 9.17) is 9.47 Å². The zero-order valence-electron chi connectivity index (χ0n) is 13.7. The monoisotopic (exact) mass is 332 g/mol. The Hall–Kier alpha value is -2.60. The minimum Gasteiger partial charge on any atom is -0.489 e. The van der Waals surface area contributed by atoms with Gasteiger partial charge in [0.25, 0.3) is 0 Å². The van der Waals surface area contributed by atoms with E-state index in [1.165, 1.54) is 12.1 Å². The van der Waals surface area contributed by atoms with Gasteiger partial charge in [-0.15, -0.1) is 0 Å². The van der Waals surface area contributed by atoms with Crippen molar-refractivity contribution < 1.29 is 18.7 Å². The highest BCUT2D eigenvalue weighted by atomic mass is 19.1. The zero-order chi connectivity index (χ0) is 17.4. The Balaban J connectivity index is 1.98. The molecule has 0 aliphatic heterocycles. The van der Waals surface area contributed by atoms with Gasteiger partial charge < -0.3 is 20.1 Å². The van der Waals surface area contributed by atoms with Crippen LogP contribution in [0.15, 0.2) is 48.5 Å². The maximum Gasteiger partial charge on any atom is 0.246 e. The fourth-order valence-corrected chi connectivity index (χ4v) is 2.06. The van der Waals surface area contributed by atoms with Crippen LogP contribution < -0.4 is 15.4 Å². The van der Waals surface area contributed by atoms with Gasteiger partial charge in [0.2, 0.25) is 5.91 Å². The number of ether oxygens (including phenoxy) is 2. The molecule has 24 heavy (non-hydrogen) atoms. The molecule has 128 valence electrons. The number of nitrogens with one attached hydrogen (secondary N) is 2. The first-order valence-corrected chi connectivity index (χ1v) is 7.64. The fraction of sp³-hybridized carbons (Fsp3) is 0.278. The van der Waals surface area contributed by atoms with Crippen LogP contribution in [-0.2, 0) is 9.53 Å². The van der Waals surface area contributed by atoms with E-state index in [9.17, 15) is 9.18 Å². The number of rotatable bonds is 8. The Morgan fingerprint density at radius 1 is 1.17 bits per heavy atom. The average Bonchev–Trinajstić information content (AvgIpc) is 2.56. The maximum absolute atomic E-state index is 13.2. The smallest absolute Gasteiger partial charge is 0.246 e. The second-order valence-electron chi connectivity index (χ2n) is 5.20. The molecule has 0 aromatic heterocycles. The number of hydrogen-bond donors (Lipinski definition) is 2. The lowest BCUT2D eigenvalue weighted by Crippen LogP contribution is -2.32. The van der Waals surface area contributed by atoms with Gasteiger partial charge in [0, 0.05) is 12.8 Å². The molecule has 0 heterocycles. The Morgan fingerprint density at radius 3 is 2.71 bits per heavy atom. The zero-order valence-corrected chi connectivity index (χ0v) is 13.7. The lowest BCUT2D eigenvalue weighted by Gasteiger charge is -2.18. The highest BCUT2D eigenvalue weighted by molar-refractivity contribution is 5.96. The summed E-state index contributed by atoms with van der Waals surface area (Å²) in [5.74, 6) is -0.0300. The second kappa shape index (κ2) is 8.88. The molecule has 0 aliphatic carbocycles. The van der Waals surface area contributed by atoms with Crippen LogP contribution in [-0.4, -0.2) is 32.3 Å². The van der Waals surface area contributed by atoms with E-state index in [2.05, 4.69) is 10.6 Å². The molecular weight excluding hydrogens is 311 g/mol. The summed E-state index contributed by atoms with van der Waals surface area (Å²) in [5, 5.41) is 5.77. The first kappa shape index (κ1) is 17.7. The minimum absolute atomic E-state index is 0.271. The average molecular weight is 332 g/mol. The highest BCUT2D eigenvalue weighted by Gasteiger charge is 2.15. The van der Waals surface area contributed by atoms with E-state index in [1.807, 2.05) is 24.3 Å². The Bertz CT molecular complexity index is 679. The number of methoxy groups -OCH3 is 1. The summed E-state index contributed by atoms with van der Waals surface area (Å²) >= 11 is 0. The normalized spacial score (nSPS) is 11.6. The molecule has 0 radical (unpaired) electrons. The molecule has 6 heteroatoms. The van der Waals surface area contributed by atoms with Crippen LogP contribution in [0.5, 0.6) is 5.75 Å². The molecule has 5 nitrogen and oxygen atoms in total. The SMILES string of the molecule is COCCOc1ccccc1NC(C)C(=O)Nc1cccc(F)c1. The highest BCUT2D eigenvalue weighted by Crippen LogP contribution is 2.24. The van der Waals surface area contributed by atoms with Crippen molar-refractivity contribution in [3.8, 4) is 5.75 Å². The molecule has 0 spiro atoms. The molecule has 1 atom stereocenters. The van der Waals surface area contributed by atoms with E-state index in [-0.39, 0.29) is 5.91 Å². The molecule has 0 aliphatic rings. The van der Waals surface area contributed by atoms with Crippen LogP contribution in [0.2, 0.25) is 0 Å². The van der Waals surface area contributed by atoms with Crippen molar-refractivity contribution in [1.29, 1.82) is 0 Å². The molecule has 2 aromatic carbocycles. The van der Waals surface area contributed by atoms with E-state index >= 15 is 0 Å². The molecule has 2 aromatic rings. The quantitative estimate of drug-likeness (QED) is 0.728. The van der Waals surface area contributed by atoms with Gasteiger partial charge in [0.05, 0.1) is 12.3 Å². The van der Waals surface area contributed by atoms with Crippen molar-refractivity contribution in [3.05, 3.63) is 54.3 Å². The number of halogens is 1. The Labute approximate surface area is 140 Å². The van der Waals surface area contributed by atoms with E-state index < -0.39 is 11.9 Å². The number of amides is 1. The van der Waals surface area contributed by atoms with Gasteiger partial charge in [-0.2, -0.15) is 0 Å². The van der Waals surface area contributed by atoms with Gasteiger partial charge in [-0.1, -0.05) is 18.2 Å². The third kappa shape index (κ3) is 5.24. The van der Waals surface area contributed by atoms with Gasteiger partial charge >= 0.3 is 0 Å². The molecule has 0 fully saturated rings. The summed E-state index contributed by atoms with van der Waals surface area (Å²) in [7, 11) is 1.60. The number of anilines is 2. The predicted octanol–water partition coefficient (Wildman–Crippen LogP) is 3.29. The number of carbonyl (C=O) groups is 1. The third-order valence-electron chi connectivity index (χ3n) is 3.29. The summed E-state index contributed by atoms with van der Waals surface area (Å²) in [6, 6.07) is 12.6. The van der Waals surface area contributed by atoms with Gasteiger partial charge in [-0.25, -0.2) is 4.39 Å². The van der Waals surface area contributed by atoms with Crippen molar-refractivity contribution in [2.24, 2.45) is 0 Å². The summed E-state index contributed by atoms with van der Waals surface area (Å²) in [6.07, 6.45) is 0. The van der Waals surface area contributed by atoms with E-state index in [0.29, 0.717) is 30.3 Å². The largest absolute Gasteiger partial charge is 0.489 e. The molecule has 0 bridgehead atoms. The number of benzene rings is 2. The molecule has 0 saturated heterocycles. The number of para-hydroxylation sites is 2. The predicted molar refractivity (Wildman–Crippen MR) is 91.9 cm³/mol. The van der Waals surface area contributed by atoms with Crippen molar-refractivity contribution in [2.75, 3.05) is 31.0 Å². The lowest BCUT2D eigenvalue weighted by atomic mass is 10.2. The molecule has 1 unspecified atom stereocenters. The van der Waals surface area contributed by atoms with Gasteiger partial charge in [0.15, 0.2) is 0 Å². The molecular formula is C18H21FN2O3. The Kier molecular flexibility index (Phi) is 6.57. The van der Waals surface area contributed by atoms with E-state index in [1.54, 1.807) is 26.2 Å². The number of hydrogen-bond acceptors (Lipinski definition) is 4. The van der Waals surface area contributed by atoms with Crippen LogP contribution in [0, 0.1) is 5.82 Å².